The summed E-state index contributed by atoms with van der Waals surface area (Å²) in [6, 6.07) is 14.7. The van der Waals surface area contributed by atoms with Gasteiger partial charge < -0.3 is 10.6 Å². The van der Waals surface area contributed by atoms with Crippen LogP contribution >= 0.6 is 0 Å². The average molecular weight is 282 g/mol. The highest BCUT2D eigenvalue weighted by Gasteiger charge is 2.28. The largest absolute Gasteiger partial charge is 0.342 e. The van der Waals surface area contributed by atoms with Crippen LogP contribution in [-0.2, 0) is 11.2 Å². The Morgan fingerprint density at radius 1 is 1.29 bits per heavy atom. The van der Waals surface area contributed by atoms with Crippen molar-refractivity contribution in [2.75, 3.05) is 13.1 Å². The number of nitrogens with zero attached hydrogens (tertiary/aromatic N) is 1. The molecule has 1 fully saturated rings. The number of carbonyl (C=O) groups is 1. The molecular weight excluding hydrogens is 260 g/mol. The second kappa shape index (κ2) is 5.86. The second-order valence-corrected chi connectivity index (χ2v) is 6.11. The molecule has 110 valence electrons. The topological polar surface area (TPSA) is 46.3 Å². The number of hydrogen-bond donors (Lipinski definition) is 1. The van der Waals surface area contributed by atoms with Crippen LogP contribution in [0.3, 0.4) is 0 Å². The lowest BCUT2D eigenvalue weighted by Gasteiger charge is -2.18. The van der Waals surface area contributed by atoms with Crippen molar-refractivity contribution in [3.8, 4) is 0 Å². The Morgan fingerprint density at radius 2 is 2.05 bits per heavy atom. The van der Waals surface area contributed by atoms with Crippen LogP contribution < -0.4 is 5.73 Å². The van der Waals surface area contributed by atoms with Crippen LogP contribution in [0, 0.1) is 5.92 Å². The predicted molar refractivity (Wildman–Crippen MR) is 86.0 cm³/mol. The van der Waals surface area contributed by atoms with Crippen molar-refractivity contribution in [1.29, 1.82) is 0 Å². The molecule has 0 radical (unpaired) electrons. The van der Waals surface area contributed by atoms with Crippen molar-refractivity contribution in [2.45, 2.75) is 25.8 Å². The summed E-state index contributed by atoms with van der Waals surface area (Å²) in [6.45, 7) is 3.69. The molecule has 1 amide bonds. The minimum Gasteiger partial charge on any atom is -0.342 e. The van der Waals surface area contributed by atoms with Gasteiger partial charge in [0.25, 0.3) is 0 Å². The van der Waals surface area contributed by atoms with Crippen LogP contribution in [0.15, 0.2) is 42.5 Å². The van der Waals surface area contributed by atoms with Gasteiger partial charge in [0, 0.05) is 19.1 Å². The monoisotopic (exact) mass is 282 g/mol. The average Bonchev–Trinajstić information content (AvgIpc) is 2.97. The van der Waals surface area contributed by atoms with Crippen molar-refractivity contribution < 1.29 is 4.79 Å². The zero-order valence-electron chi connectivity index (χ0n) is 12.5. The van der Waals surface area contributed by atoms with Gasteiger partial charge in [0.2, 0.25) is 5.91 Å². The first-order valence-corrected chi connectivity index (χ1v) is 7.64. The van der Waals surface area contributed by atoms with Gasteiger partial charge in [-0.2, -0.15) is 0 Å². The maximum Gasteiger partial charge on any atom is 0.226 e. The predicted octanol–water partition coefficient (Wildman–Crippen LogP) is 2.58. The van der Waals surface area contributed by atoms with Gasteiger partial charge in [0.1, 0.15) is 0 Å². The van der Waals surface area contributed by atoms with E-state index in [1.54, 1.807) is 0 Å². The van der Waals surface area contributed by atoms with E-state index in [-0.39, 0.29) is 11.9 Å². The first-order valence-electron chi connectivity index (χ1n) is 7.64. The first kappa shape index (κ1) is 14.1. The van der Waals surface area contributed by atoms with Crippen molar-refractivity contribution in [3.63, 3.8) is 0 Å². The number of rotatable bonds is 3. The third kappa shape index (κ3) is 3.08. The molecule has 3 heteroatoms. The molecule has 2 atom stereocenters. The molecule has 1 aliphatic rings. The van der Waals surface area contributed by atoms with Crippen molar-refractivity contribution in [3.05, 3.63) is 48.0 Å². The Balaban J connectivity index is 1.69. The standard InChI is InChI=1S/C18H22N2O/c1-13(19)17-8-9-20(12-17)18(21)11-14-6-7-15-4-2-3-5-16(15)10-14/h2-7,10,13,17H,8-9,11-12,19H2,1H3. The summed E-state index contributed by atoms with van der Waals surface area (Å²) in [5.74, 6) is 0.666. The maximum absolute atomic E-state index is 12.4. The molecule has 0 bridgehead atoms. The quantitative estimate of drug-likeness (QED) is 0.940. The molecule has 0 aromatic heterocycles. The van der Waals surface area contributed by atoms with E-state index in [2.05, 4.69) is 30.3 Å². The number of nitrogens with two attached hydrogens (primary N) is 1. The van der Waals surface area contributed by atoms with E-state index in [4.69, 9.17) is 5.73 Å². The van der Waals surface area contributed by atoms with Gasteiger partial charge in [-0.15, -0.1) is 0 Å². The molecule has 2 aromatic rings. The SMILES string of the molecule is CC(N)C1CCN(C(=O)Cc2ccc3ccccc3c2)C1. The van der Waals surface area contributed by atoms with E-state index in [1.165, 1.54) is 10.8 Å². The number of fused-ring (bicyclic) bond motifs is 1. The number of amides is 1. The molecule has 2 N–H and O–H groups in total. The van der Waals surface area contributed by atoms with Gasteiger partial charge in [-0.1, -0.05) is 42.5 Å². The molecule has 1 heterocycles. The van der Waals surface area contributed by atoms with Crippen molar-refractivity contribution in [2.24, 2.45) is 11.7 Å². The smallest absolute Gasteiger partial charge is 0.226 e. The minimum absolute atomic E-state index is 0.170. The van der Waals surface area contributed by atoms with Gasteiger partial charge in [-0.25, -0.2) is 0 Å². The molecule has 0 saturated carbocycles. The Labute approximate surface area is 125 Å². The third-order valence-corrected chi connectivity index (χ3v) is 4.49. The van der Waals surface area contributed by atoms with Gasteiger partial charge in [-0.05, 0) is 35.6 Å². The van der Waals surface area contributed by atoms with Crippen molar-refractivity contribution >= 4 is 16.7 Å². The fourth-order valence-corrected chi connectivity index (χ4v) is 3.08. The van der Waals surface area contributed by atoms with Crippen LogP contribution in [0.5, 0.6) is 0 Å². The van der Waals surface area contributed by atoms with E-state index < -0.39 is 0 Å². The van der Waals surface area contributed by atoms with Gasteiger partial charge >= 0.3 is 0 Å². The van der Waals surface area contributed by atoms with Gasteiger partial charge in [-0.3, -0.25) is 4.79 Å². The molecule has 2 aromatic carbocycles. The van der Waals surface area contributed by atoms with Crippen LogP contribution in [0.2, 0.25) is 0 Å². The highest BCUT2D eigenvalue weighted by molar-refractivity contribution is 5.85. The number of likely N-dealkylation sites (tertiary alicyclic amines) is 1. The molecule has 0 spiro atoms. The summed E-state index contributed by atoms with van der Waals surface area (Å²) in [7, 11) is 0. The van der Waals surface area contributed by atoms with E-state index in [9.17, 15) is 4.79 Å². The van der Waals surface area contributed by atoms with Crippen LogP contribution in [0.25, 0.3) is 10.8 Å². The first-order chi connectivity index (χ1) is 10.1. The number of carbonyl (C=O) groups excluding carboxylic acids is 1. The summed E-state index contributed by atoms with van der Waals surface area (Å²) in [4.78, 5) is 14.4. The van der Waals surface area contributed by atoms with Crippen molar-refractivity contribution in [1.82, 2.24) is 4.90 Å². The van der Waals surface area contributed by atoms with E-state index in [1.807, 2.05) is 24.0 Å². The lowest BCUT2D eigenvalue weighted by Crippen LogP contribution is -2.33. The molecule has 0 aliphatic carbocycles. The summed E-state index contributed by atoms with van der Waals surface area (Å²) in [6.07, 6.45) is 1.51. The highest BCUT2D eigenvalue weighted by atomic mass is 16.2. The highest BCUT2D eigenvalue weighted by Crippen LogP contribution is 2.21. The van der Waals surface area contributed by atoms with Crippen LogP contribution in [-0.4, -0.2) is 29.9 Å². The molecule has 1 aliphatic heterocycles. The van der Waals surface area contributed by atoms with Crippen LogP contribution in [0.1, 0.15) is 18.9 Å². The Kier molecular flexibility index (Phi) is 3.93. The van der Waals surface area contributed by atoms with E-state index in [0.717, 1.165) is 25.1 Å². The van der Waals surface area contributed by atoms with Gasteiger partial charge in [0.15, 0.2) is 0 Å². The fraction of sp³-hybridized carbons (Fsp3) is 0.389. The molecule has 3 nitrogen and oxygen atoms in total. The minimum atomic E-state index is 0.170. The third-order valence-electron chi connectivity index (χ3n) is 4.49. The fourth-order valence-electron chi connectivity index (χ4n) is 3.08. The molecular formula is C18H22N2O. The summed E-state index contributed by atoms with van der Waals surface area (Å²) < 4.78 is 0. The molecule has 3 rings (SSSR count). The molecule has 2 unspecified atom stereocenters. The zero-order chi connectivity index (χ0) is 14.8. The Hall–Kier alpha value is -1.87. The van der Waals surface area contributed by atoms with E-state index in [0.29, 0.717) is 12.3 Å². The zero-order valence-corrected chi connectivity index (χ0v) is 12.5. The normalized spacial score (nSPS) is 19.9. The number of hydrogen-bond acceptors (Lipinski definition) is 2. The van der Waals surface area contributed by atoms with E-state index >= 15 is 0 Å². The Morgan fingerprint density at radius 3 is 2.76 bits per heavy atom. The van der Waals surface area contributed by atoms with Gasteiger partial charge in [0.05, 0.1) is 6.42 Å². The Bertz CT molecular complexity index is 650. The summed E-state index contributed by atoms with van der Waals surface area (Å²) >= 11 is 0. The maximum atomic E-state index is 12.4. The molecule has 21 heavy (non-hydrogen) atoms. The number of benzene rings is 2. The summed E-state index contributed by atoms with van der Waals surface area (Å²) in [5, 5.41) is 2.41. The van der Waals surface area contributed by atoms with Crippen LogP contribution in [0.4, 0.5) is 0 Å². The summed E-state index contributed by atoms with van der Waals surface area (Å²) in [5.41, 5.74) is 7.02. The lowest BCUT2D eigenvalue weighted by atomic mass is 10.0. The lowest BCUT2D eigenvalue weighted by molar-refractivity contribution is -0.129. The molecule has 1 saturated heterocycles. The second-order valence-electron chi connectivity index (χ2n) is 6.11.